The van der Waals surface area contributed by atoms with Crippen LogP contribution in [0.15, 0.2) is 0 Å². The minimum atomic E-state index is -0.0463. The van der Waals surface area contributed by atoms with E-state index in [1.54, 1.807) is 7.11 Å². The number of methoxy groups -OCH3 is 1. The SMILES string of the molecule is C=N.CCCCC(N)OC. The highest BCUT2D eigenvalue weighted by molar-refractivity contribution is 5.15. The Bertz CT molecular complexity index is 59.6. The van der Waals surface area contributed by atoms with Gasteiger partial charge < -0.3 is 15.9 Å². The molecular weight excluding hydrogens is 128 g/mol. The lowest BCUT2D eigenvalue weighted by molar-refractivity contribution is 0.0989. The van der Waals surface area contributed by atoms with E-state index in [1.807, 2.05) is 0 Å². The molecule has 0 aromatic rings. The van der Waals surface area contributed by atoms with E-state index in [4.69, 9.17) is 15.9 Å². The Balaban J connectivity index is 0. The van der Waals surface area contributed by atoms with Crippen LogP contribution in [-0.2, 0) is 4.74 Å². The van der Waals surface area contributed by atoms with Crippen molar-refractivity contribution in [3.8, 4) is 0 Å². The Kier molecular flexibility index (Phi) is 14.0. The first-order chi connectivity index (χ1) is 4.81. The molecule has 0 heterocycles. The van der Waals surface area contributed by atoms with Gasteiger partial charge in [-0.15, -0.1) is 0 Å². The van der Waals surface area contributed by atoms with Crippen LogP contribution in [0.3, 0.4) is 0 Å². The maximum absolute atomic E-state index is 5.50. The lowest BCUT2D eigenvalue weighted by Gasteiger charge is -2.06. The van der Waals surface area contributed by atoms with Gasteiger partial charge in [0.05, 0.1) is 0 Å². The number of unbranched alkanes of at least 4 members (excludes halogenated alkanes) is 1. The largest absolute Gasteiger partial charge is 0.367 e. The van der Waals surface area contributed by atoms with E-state index in [2.05, 4.69) is 13.6 Å². The topological polar surface area (TPSA) is 59.1 Å². The Morgan fingerprint density at radius 2 is 2.10 bits per heavy atom. The first-order valence-electron chi connectivity index (χ1n) is 3.45. The highest BCUT2D eigenvalue weighted by Gasteiger charge is 1.95. The molecule has 0 saturated carbocycles. The average molecular weight is 146 g/mol. The van der Waals surface area contributed by atoms with Gasteiger partial charge in [0, 0.05) is 7.11 Å². The highest BCUT2D eigenvalue weighted by Crippen LogP contribution is 1.96. The summed E-state index contributed by atoms with van der Waals surface area (Å²) in [6, 6.07) is 0. The quantitative estimate of drug-likeness (QED) is 0.465. The minimum Gasteiger partial charge on any atom is -0.367 e. The van der Waals surface area contributed by atoms with Crippen LogP contribution in [-0.4, -0.2) is 20.1 Å². The van der Waals surface area contributed by atoms with E-state index in [9.17, 15) is 0 Å². The van der Waals surface area contributed by atoms with Crippen molar-refractivity contribution >= 4 is 6.72 Å². The van der Waals surface area contributed by atoms with Crippen molar-refractivity contribution in [2.24, 2.45) is 5.73 Å². The fourth-order valence-electron chi connectivity index (χ4n) is 0.523. The zero-order valence-corrected chi connectivity index (χ0v) is 6.89. The maximum atomic E-state index is 5.50. The van der Waals surface area contributed by atoms with Gasteiger partial charge in [0.2, 0.25) is 0 Å². The summed E-state index contributed by atoms with van der Waals surface area (Å²) in [5.41, 5.74) is 5.44. The number of nitrogens with one attached hydrogen (secondary N) is 1. The van der Waals surface area contributed by atoms with Crippen LogP contribution in [0, 0.1) is 5.41 Å². The van der Waals surface area contributed by atoms with Gasteiger partial charge in [0.25, 0.3) is 0 Å². The zero-order chi connectivity index (χ0) is 8.41. The summed E-state index contributed by atoms with van der Waals surface area (Å²) in [5.74, 6) is 0. The Hall–Kier alpha value is -0.410. The summed E-state index contributed by atoms with van der Waals surface area (Å²) in [7, 11) is 1.64. The number of hydrogen-bond acceptors (Lipinski definition) is 3. The van der Waals surface area contributed by atoms with Crippen molar-refractivity contribution in [1.29, 1.82) is 5.41 Å². The number of ether oxygens (including phenoxy) is 1. The standard InChI is InChI=1S/C6H15NO.CH3N/c1-3-4-5-6(7)8-2;1-2/h6H,3-5,7H2,1-2H3;2H,1H2. The van der Waals surface area contributed by atoms with E-state index in [0.29, 0.717) is 0 Å². The second kappa shape index (κ2) is 11.4. The van der Waals surface area contributed by atoms with Crippen LogP contribution in [0.1, 0.15) is 26.2 Å². The second-order valence-corrected chi connectivity index (χ2v) is 1.92. The maximum Gasteiger partial charge on any atom is 0.105 e. The molecule has 3 N–H and O–H groups in total. The van der Waals surface area contributed by atoms with Gasteiger partial charge in [-0.25, -0.2) is 0 Å². The van der Waals surface area contributed by atoms with Gasteiger partial charge in [0.15, 0.2) is 0 Å². The molecule has 3 heteroatoms. The molecule has 0 amide bonds. The molecule has 3 nitrogen and oxygen atoms in total. The summed E-state index contributed by atoms with van der Waals surface area (Å²) >= 11 is 0. The predicted molar refractivity (Wildman–Crippen MR) is 44.4 cm³/mol. The molecule has 0 aliphatic carbocycles. The van der Waals surface area contributed by atoms with Crippen molar-refractivity contribution in [2.75, 3.05) is 7.11 Å². The van der Waals surface area contributed by atoms with E-state index in [-0.39, 0.29) is 6.23 Å². The van der Waals surface area contributed by atoms with E-state index in [0.717, 1.165) is 12.8 Å². The molecule has 62 valence electrons. The number of hydrogen-bond donors (Lipinski definition) is 2. The van der Waals surface area contributed by atoms with Crippen molar-refractivity contribution in [2.45, 2.75) is 32.4 Å². The molecule has 0 aliphatic heterocycles. The van der Waals surface area contributed by atoms with Crippen molar-refractivity contribution in [3.63, 3.8) is 0 Å². The summed E-state index contributed by atoms with van der Waals surface area (Å²) in [5, 5.41) is 5.50. The third-order valence-electron chi connectivity index (χ3n) is 1.14. The molecule has 0 aliphatic rings. The summed E-state index contributed by atoms with van der Waals surface area (Å²) < 4.78 is 4.83. The molecule has 0 saturated heterocycles. The summed E-state index contributed by atoms with van der Waals surface area (Å²) in [4.78, 5) is 0. The Morgan fingerprint density at radius 1 is 1.60 bits per heavy atom. The van der Waals surface area contributed by atoms with Crippen LogP contribution >= 0.6 is 0 Å². The summed E-state index contributed by atoms with van der Waals surface area (Å²) in [6.07, 6.45) is 3.29. The van der Waals surface area contributed by atoms with Gasteiger partial charge in [-0.3, -0.25) is 0 Å². The lowest BCUT2D eigenvalue weighted by atomic mass is 10.2. The summed E-state index contributed by atoms with van der Waals surface area (Å²) in [6.45, 7) is 4.64. The van der Waals surface area contributed by atoms with E-state index >= 15 is 0 Å². The van der Waals surface area contributed by atoms with E-state index in [1.165, 1.54) is 6.42 Å². The van der Waals surface area contributed by atoms with Crippen LogP contribution in [0.4, 0.5) is 0 Å². The molecule has 0 aromatic carbocycles. The van der Waals surface area contributed by atoms with Crippen molar-refractivity contribution < 1.29 is 4.74 Å². The van der Waals surface area contributed by atoms with Gasteiger partial charge >= 0.3 is 0 Å². The fourth-order valence-corrected chi connectivity index (χ4v) is 0.523. The van der Waals surface area contributed by atoms with Crippen LogP contribution < -0.4 is 5.73 Å². The lowest BCUT2D eigenvalue weighted by Crippen LogP contribution is -2.21. The molecule has 0 radical (unpaired) electrons. The molecule has 1 unspecified atom stereocenters. The first-order valence-corrected chi connectivity index (χ1v) is 3.45. The number of rotatable bonds is 4. The predicted octanol–water partition coefficient (Wildman–Crippen LogP) is 1.37. The fraction of sp³-hybridized carbons (Fsp3) is 0.857. The molecule has 0 spiro atoms. The van der Waals surface area contributed by atoms with Gasteiger partial charge in [-0.1, -0.05) is 13.3 Å². The number of nitrogens with two attached hydrogens (primary N) is 1. The van der Waals surface area contributed by atoms with Gasteiger partial charge in [0.1, 0.15) is 6.23 Å². The third kappa shape index (κ3) is 10.5. The van der Waals surface area contributed by atoms with Crippen molar-refractivity contribution in [1.82, 2.24) is 0 Å². The van der Waals surface area contributed by atoms with Crippen LogP contribution in [0.5, 0.6) is 0 Å². The smallest absolute Gasteiger partial charge is 0.105 e. The van der Waals surface area contributed by atoms with Gasteiger partial charge in [-0.2, -0.15) is 0 Å². The molecule has 0 fully saturated rings. The second-order valence-electron chi connectivity index (χ2n) is 1.92. The monoisotopic (exact) mass is 146 g/mol. The minimum absolute atomic E-state index is 0.0463. The molecule has 0 bridgehead atoms. The molecular formula is C7H18N2O. The third-order valence-corrected chi connectivity index (χ3v) is 1.14. The van der Waals surface area contributed by atoms with Crippen LogP contribution in [0.25, 0.3) is 0 Å². The average Bonchev–Trinajstić information content (AvgIpc) is 2.04. The van der Waals surface area contributed by atoms with Gasteiger partial charge in [-0.05, 0) is 19.6 Å². The molecule has 0 rings (SSSR count). The Morgan fingerprint density at radius 3 is 2.40 bits per heavy atom. The molecule has 10 heavy (non-hydrogen) atoms. The Labute approximate surface area is 63.1 Å². The van der Waals surface area contributed by atoms with Crippen LogP contribution in [0.2, 0.25) is 0 Å². The molecule has 0 aromatic heterocycles. The zero-order valence-electron chi connectivity index (χ0n) is 6.89. The molecule has 1 atom stereocenters. The first kappa shape index (κ1) is 12.3. The van der Waals surface area contributed by atoms with E-state index < -0.39 is 0 Å². The van der Waals surface area contributed by atoms with Crippen molar-refractivity contribution in [3.05, 3.63) is 0 Å². The normalized spacial score (nSPS) is 11.5. The highest BCUT2D eigenvalue weighted by atomic mass is 16.5.